The van der Waals surface area contributed by atoms with Crippen molar-refractivity contribution < 1.29 is 19.2 Å². The van der Waals surface area contributed by atoms with Gasteiger partial charge in [-0.05, 0) is 12.5 Å². The van der Waals surface area contributed by atoms with E-state index in [9.17, 15) is 14.9 Å². The van der Waals surface area contributed by atoms with Crippen LogP contribution in [0.4, 0.5) is 11.5 Å². The van der Waals surface area contributed by atoms with E-state index >= 15 is 0 Å². The first-order valence-electron chi connectivity index (χ1n) is 6.52. The minimum Gasteiger partial charge on any atom is -0.464 e. The molecule has 0 spiro atoms. The van der Waals surface area contributed by atoms with Gasteiger partial charge in [0.15, 0.2) is 5.69 Å². The number of methoxy groups -OCH3 is 2. The first-order valence-corrected chi connectivity index (χ1v) is 6.52. The molecule has 0 aliphatic carbocycles. The summed E-state index contributed by atoms with van der Waals surface area (Å²) in [5.41, 5.74) is -0.182. The fourth-order valence-electron chi connectivity index (χ4n) is 1.86. The highest BCUT2D eigenvalue weighted by atomic mass is 16.6. The molecule has 8 heteroatoms. The average Bonchev–Trinajstić information content (AvgIpc) is 2.46. The standard InChI is InChI=1S/C13H19N3O5/c1-4-5-9(8-20-2)14-12-11(16(18)19)7-6-10(15-12)13(17)21-3/h6-7,9H,4-5,8H2,1-3H3,(H,14,15). The van der Waals surface area contributed by atoms with E-state index in [4.69, 9.17) is 4.74 Å². The summed E-state index contributed by atoms with van der Waals surface area (Å²) in [5.74, 6) is -0.606. The van der Waals surface area contributed by atoms with E-state index in [0.717, 1.165) is 12.8 Å². The van der Waals surface area contributed by atoms with E-state index in [1.807, 2.05) is 6.92 Å². The van der Waals surface area contributed by atoms with E-state index in [1.165, 1.54) is 19.2 Å². The summed E-state index contributed by atoms with van der Waals surface area (Å²) in [4.78, 5) is 26.0. The SMILES string of the molecule is CCCC(COC)Nc1nc(C(=O)OC)ccc1[N+](=O)[O-]. The van der Waals surface area contributed by atoms with Crippen LogP contribution in [0.15, 0.2) is 12.1 Å². The lowest BCUT2D eigenvalue weighted by atomic mass is 10.2. The summed E-state index contributed by atoms with van der Waals surface area (Å²) < 4.78 is 9.64. The summed E-state index contributed by atoms with van der Waals surface area (Å²) in [6.07, 6.45) is 1.64. The molecule has 0 fully saturated rings. The molecule has 0 bridgehead atoms. The van der Waals surface area contributed by atoms with E-state index in [0.29, 0.717) is 6.61 Å². The number of rotatable bonds is 8. The Labute approximate surface area is 122 Å². The Balaban J connectivity index is 3.10. The summed E-state index contributed by atoms with van der Waals surface area (Å²) in [6, 6.07) is 2.37. The highest BCUT2D eigenvalue weighted by molar-refractivity contribution is 5.88. The maximum atomic E-state index is 11.5. The lowest BCUT2D eigenvalue weighted by Gasteiger charge is -2.17. The molecule has 1 unspecified atom stereocenters. The van der Waals surface area contributed by atoms with Gasteiger partial charge in [-0.1, -0.05) is 13.3 Å². The van der Waals surface area contributed by atoms with Crippen molar-refractivity contribution in [3.8, 4) is 0 Å². The number of pyridine rings is 1. The first-order chi connectivity index (χ1) is 10.0. The Morgan fingerprint density at radius 1 is 1.48 bits per heavy atom. The summed E-state index contributed by atoms with van der Waals surface area (Å²) >= 11 is 0. The molecule has 0 aromatic carbocycles. The van der Waals surface area contributed by atoms with Crippen LogP contribution in [0.25, 0.3) is 0 Å². The molecule has 0 amide bonds. The van der Waals surface area contributed by atoms with Gasteiger partial charge in [-0.2, -0.15) is 0 Å². The summed E-state index contributed by atoms with van der Waals surface area (Å²) in [7, 11) is 2.78. The van der Waals surface area contributed by atoms with Crippen LogP contribution in [0, 0.1) is 10.1 Å². The minimum absolute atomic E-state index is 0.0123. The number of carbonyl (C=O) groups is 1. The van der Waals surface area contributed by atoms with E-state index < -0.39 is 10.9 Å². The lowest BCUT2D eigenvalue weighted by molar-refractivity contribution is -0.384. The van der Waals surface area contributed by atoms with Gasteiger partial charge in [0.05, 0.1) is 24.7 Å². The van der Waals surface area contributed by atoms with E-state index in [2.05, 4.69) is 15.0 Å². The van der Waals surface area contributed by atoms with Crippen molar-refractivity contribution in [2.45, 2.75) is 25.8 Å². The molecule has 0 aliphatic rings. The molecule has 0 radical (unpaired) electrons. The maximum absolute atomic E-state index is 11.5. The predicted molar refractivity (Wildman–Crippen MR) is 76.4 cm³/mol. The first kappa shape index (κ1) is 16.8. The minimum atomic E-state index is -0.647. The highest BCUT2D eigenvalue weighted by Crippen LogP contribution is 2.24. The van der Waals surface area contributed by atoms with Gasteiger partial charge in [-0.25, -0.2) is 9.78 Å². The van der Waals surface area contributed by atoms with Crippen molar-refractivity contribution >= 4 is 17.5 Å². The zero-order valence-corrected chi connectivity index (χ0v) is 12.3. The Morgan fingerprint density at radius 2 is 2.19 bits per heavy atom. The summed E-state index contributed by atoms with van der Waals surface area (Å²) in [5, 5.41) is 14.0. The van der Waals surface area contributed by atoms with Crippen LogP contribution >= 0.6 is 0 Å². The monoisotopic (exact) mass is 297 g/mol. The zero-order valence-electron chi connectivity index (χ0n) is 12.3. The van der Waals surface area contributed by atoms with Crippen molar-refractivity contribution in [3.05, 3.63) is 27.9 Å². The number of carbonyl (C=O) groups excluding carboxylic acids is 1. The lowest BCUT2D eigenvalue weighted by Crippen LogP contribution is -2.26. The highest BCUT2D eigenvalue weighted by Gasteiger charge is 2.21. The van der Waals surface area contributed by atoms with E-state index in [1.54, 1.807) is 7.11 Å². The molecule has 1 aromatic heterocycles. The smallest absolute Gasteiger partial charge is 0.356 e. The van der Waals surface area contributed by atoms with Crippen LogP contribution in [0.5, 0.6) is 0 Å². The number of ether oxygens (including phenoxy) is 2. The Kier molecular flexibility index (Phi) is 6.54. The fraction of sp³-hybridized carbons (Fsp3) is 0.538. The number of aromatic nitrogens is 1. The van der Waals surface area contributed by atoms with Gasteiger partial charge in [0.25, 0.3) is 0 Å². The molecule has 1 heterocycles. The quantitative estimate of drug-likeness (QED) is 0.444. The van der Waals surface area contributed by atoms with Gasteiger partial charge in [0.2, 0.25) is 5.82 Å². The van der Waals surface area contributed by atoms with Crippen LogP contribution < -0.4 is 5.32 Å². The number of hydrogen-bond donors (Lipinski definition) is 1. The normalized spacial score (nSPS) is 11.8. The molecule has 0 saturated heterocycles. The van der Waals surface area contributed by atoms with Gasteiger partial charge < -0.3 is 14.8 Å². The van der Waals surface area contributed by atoms with Crippen LogP contribution in [-0.4, -0.2) is 42.7 Å². The summed E-state index contributed by atoms with van der Waals surface area (Å²) in [6.45, 7) is 2.38. The number of nitrogens with one attached hydrogen (secondary N) is 1. The Morgan fingerprint density at radius 3 is 2.71 bits per heavy atom. The van der Waals surface area contributed by atoms with Crippen molar-refractivity contribution in [1.82, 2.24) is 4.98 Å². The zero-order chi connectivity index (χ0) is 15.8. The van der Waals surface area contributed by atoms with Gasteiger partial charge >= 0.3 is 11.7 Å². The van der Waals surface area contributed by atoms with Crippen molar-refractivity contribution in [1.29, 1.82) is 0 Å². The topological polar surface area (TPSA) is 104 Å². The Hall–Kier alpha value is -2.22. The molecule has 116 valence electrons. The van der Waals surface area contributed by atoms with Crippen molar-refractivity contribution in [2.24, 2.45) is 0 Å². The van der Waals surface area contributed by atoms with Crippen LogP contribution in [0.1, 0.15) is 30.3 Å². The second-order valence-electron chi connectivity index (χ2n) is 4.40. The third-order valence-corrected chi connectivity index (χ3v) is 2.81. The largest absolute Gasteiger partial charge is 0.464 e. The van der Waals surface area contributed by atoms with Crippen LogP contribution in [0.2, 0.25) is 0 Å². The number of anilines is 1. The van der Waals surface area contributed by atoms with Gasteiger partial charge in [-0.3, -0.25) is 10.1 Å². The second kappa shape index (κ2) is 8.15. The van der Waals surface area contributed by atoms with Gasteiger partial charge in [0, 0.05) is 13.2 Å². The maximum Gasteiger partial charge on any atom is 0.356 e. The number of nitro groups is 1. The molecule has 0 aliphatic heterocycles. The molecule has 1 aromatic rings. The van der Waals surface area contributed by atoms with Gasteiger partial charge in [-0.15, -0.1) is 0 Å². The number of hydrogen-bond acceptors (Lipinski definition) is 7. The van der Waals surface area contributed by atoms with Crippen LogP contribution in [-0.2, 0) is 9.47 Å². The fourth-order valence-corrected chi connectivity index (χ4v) is 1.86. The van der Waals surface area contributed by atoms with Crippen molar-refractivity contribution in [3.63, 3.8) is 0 Å². The Bertz CT molecular complexity index is 501. The molecular formula is C13H19N3O5. The molecule has 8 nitrogen and oxygen atoms in total. The molecule has 21 heavy (non-hydrogen) atoms. The number of esters is 1. The third kappa shape index (κ3) is 4.67. The van der Waals surface area contributed by atoms with E-state index in [-0.39, 0.29) is 23.2 Å². The predicted octanol–water partition coefficient (Wildman–Crippen LogP) is 2.00. The molecular weight excluding hydrogens is 278 g/mol. The molecule has 1 atom stereocenters. The average molecular weight is 297 g/mol. The molecule has 1 N–H and O–H groups in total. The molecule has 1 rings (SSSR count). The third-order valence-electron chi connectivity index (χ3n) is 2.81. The van der Waals surface area contributed by atoms with Gasteiger partial charge in [0.1, 0.15) is 0 Å². The second-order valence-corrected chi connectivity index (χ2v) is 4.40. The van der Waals surface area contributed by atoms with Crippen molar-refractivity contribution in [2.75, 3.05) is 26.1 Å². The molecule has 0 saturated carbocycles. The van der Waals surface area contributed by atoms with Crippen LogP contribution in [0.3, 0.4) is 0 Å². The number of nitrogens with zero attached hydrogens (tertiary/aromatic N) is 2.